The van der Waals surface area contributed by atoms with Crippen molar-refractivity contribution < 1.29 is 42.5 Å². The molecule has 7 unspecified atom stereocenters. The Balaban J connectivity index is 1.20. The Hall–Kier alpha value is -1.77. The number of carboxylic acid groups (broad SMARTS) is 1. The average molecular weight is 439 g/mol. The average Bonchev–Trinajstić information content (AvgIpc) is 3.27. The van der Waals surface area contributed by atoms with Gasteiger partial charge in [-0.3, -0.25) is 9.59 Å². The lowest BCUT2D eigenvalue weighted by atomic mass is 9.48. The van der Waals surface area contributed by atoms with E-state index in [9.17, 15) is 28.3 Å². The molecule has 0 aromatic heterocycles. The number of esters is 2. The van der Waals surface area contributed by atoms with E-state index in [2.05, 4.69) is 4.74 Å². The summed E-state index contributed by atoms with van der Waals surface area (Å²) in [5, 5.41) is 10.7. The van der Waals surface area contributed by atoms with E-state index in [4.69, 9.17) is 9.47 Å². The number of fused-ring (bicyclic) bond motifs is 1. The lowest BCUT2D eigenvalue weighted by Gasteiger charge is -2.61. The Morgan fingerprint density at radius 2 is 1.84 bits per heavy atom. The van der Waals surface area contributed by atoms with Crippen LogP contribution >= 0.6 is 0 Å². The molecule has 0 aromatic rings. The number of halogens is 2. The quantitative estimate of drug-likeness (QED) is 0.577. The number of carbonyl (C=O) groups is 3. The molecule has 7 rings (SSSR count). The predicted octanol–water partition coefficient (Wildman–Crippen LogP) is 1.43. The van der Waals surface area contributed by atoms with E-state index in [0.717, 1.165) is 12.8 Å². The number of hydrogen-bond acceptors (Lipinski definition) is 7. The normalized spacial score (nSPS) is 48.8. The highest BCUT2D eigenvalue weighted by Gasteiger charge is 2.66. The van der Waals surface area contributed by atoms with Crippen molar-refractivity contribution in [1.29, 1.82) is 0 Å². The van der Waals surface area contributed by atoms with Gasteiger partial charge in [0.1, 0.15) is 17.7 Å². The number of alkyl halides is 2. The molecule has 1 heterocycles. The molecular weight excluding hydrogens is 414 g/mol. The van der Waals surface area contributed by atoms with Gasteiger partial charge < -0.3 is 24.1 Å². The Bertz CT molecular complexity index is 841. The molecule has 0 amide bonds. The Morgan fingerprint density at radius 1 is 1.13 bits per heavy atom. The number of carboxylic acids is 1. The lowest BCUT2D eigenvalue weighted by Crippen LogP contribution is -2.60. The molecule has 31 heavy (non-hydrogen) atoms. The highest BCUT2D eigenvalue weighted by molar-refractivity contribution is 5.86. The van der Waals surface area contributed by atoms with Crippen LogP contribution in [0.25, 0.3) is 0 Å². The zero-order valence-corrected chi connectivity index (χ0v) is 17.0. The molecule has 6 saturated carbocycles. The van der Waals surface area contributed by atoms with Crippen molar-refractivity contribution in [2.24, 2.45) is 40.9 Å². The number of rotatable bonds is 6. The van der Waals surface area contributed by atoms with Crippen molar-refractivity contribution in [2.75, 3.05) is 6.61 Å². The molecule has 6 bridgehead atoms. The van der Waals surface area contributed by atoms with E-state index < -0.39 is 41.5 Å². The summed E-state index contributed by atoms with van der Waals surface area (Å²) < 4.78 is 43.2. The van der Waals surface area contributed by atoms with E-state index in [-0.39, 0.29) is 41.7 Å². The number of ether oxygens (including phenoxy) is 3. The highest BCUT2D eigenvalue weighted by Crippen LogP contribution is 2.64. The first-order valence-corrected chi connectivity index (χ1v) is 11.3. The summed E-state index contributed by atoms with van der Waals surface area (Å²) in [6.07, 6.45) is 1.18. The summed E-state index contributed by atoms with van der Waals surface area (Å²) in [7, 11) is 0. The van der Waals surface area contributed by atoms with Crippen molar-refractivity contribution in [2.45, 2.75) is 69.2 Å². The van der Waals surface area contributed by atoms with Crippen LogP contribution in [0.1, 0.15) is 51.4 Å². The van der Waals surface area contributed by atoms with Gasteiger partial charge in [0.15, 0.2) is 0 Å². The van der Waals surface area contributed by atoms with Gasteiger partial charge in [0.05, 0.1) is 18.4 Å². The zero-order valence-electron chi connectivity index (χ0n) is 17.0. The minimum atomic E-state index is -4.34. The van der Waals surface area contributed by atoms with E-state index in [1.807, 2.05) is 0 Å². The van der Waals surface area contributed by atoms with Crippen LogP contribution in [0, 0.1) is 40.9 Å². The minimum absolute atomic E-state index is 0.0584. The van der Waals surface area contributed by atoms with Crippen molar-refractivity contribution in [3.63, 3.8) is 0 Å². The molecule has 0 spiro atoms. The SMILES string of the molecule is O=C(OC12CC3CC(CC(COC(F)(F)C(=O)[O-])(C3)C1)C2)C1C2CC3OC(=O)C1C3C2. The van der Waals surface area contributed by atoms with Gasteiger partial charge in [-0.15, -0.1) is 0 Å². The maximum absolute atomic E-state index is 13.5. The third kappa shape index (κ3) is 2.87. The number of aliphatic carboxylic acids is 1. The first kappa shape index (κ1) is 19.9. The molecule has 0 N–H and O–H groups in total. The Kier molecular flexibility index (Phi) is 3.96. The van der Waals surface area contributed by atoms with Gasteiger partial charge in [-0.05, 0) is 74.5 Å². The van der Waals surface area contributed by atoms with Gasteiger partial charge in [0.2, 0.25) is 0 Å². The molecular formula is C22H25F2O7-. The highest BCUT2D eigenvalue weighted by atomic mass is 19.3. The van der Waals surface area contributed by atoms with Crippen LogP contribution in [-0.4, -0.2) is 42.3 Å². The largest absolute Gasteiger partial charge is 0.542 e. The summed E-state index contributed by atoms with van der Waals surface area (Å²) in [5.41, 5.74) is -1.37. The number of hydrogen-bond donors (Lipinski definition) is 0. The van der Waals surface area contributed by atoms with E-state index in [1.165, 1.54) is 0 Å². The topological polar surface area (TPSA) is 102 Å². The molecule has 1 aliphatic heterocycles. The first-order chi connectivity index (χ1) is 14.6. The molecule has 7 aliphatic rings. The predicted molar refractivity (Wildman–Crippen MR) is 94.9 cm³/mol. The molecule has 170 valence electrons. The molecule has 7 atom stereocenters. The lowest BCUT2D eigenvalue weighted by molar-refractivity contribution is -0.367. The molecule has 9 heteroatoms. The van der Waals surface area contributed by atoms with Crippen molar-refractivity contribution in [1.82, 2.24) is 0 Å². The maximum atomic E-state index is 13.5. The molecule has 0 aromatic carbocycles. The van der Waals surface area contributed by atoms with Gasteiger partial charge >= 0.3 is 18.0 Å². The standard InChI is InChI=1S/C22H26F2O7/c23-22(24,19(27)28)29-9-20-4-10-1-11(5-20)7-21(6-10,8-20)31-18(26)15-12-2-13-14(3-12)30-17(25)16(13)15/h10-16H,1-9H2,(H,27,28)/p-1. The third-order valence-corrected chi connectivity index (χ3v) is 9.00. The van der Waals surface area contributed by atoms with Gasteiger partial charge in [-0.1, -0.05) is 0 Å². The van der Waals surface area contributed by atoms with Crippen LogP contribution in [0.3, 0.4) is 0 Å². The summed E-state index contributed by atoms with van der Waals surface area (Å²) in [6, 6.07) is 0. The van der Waals surface area contributed by atoms with Gasteiger partial charge in [0.25, 0.3) is 0 Å². The molecule has 0 radical (unpaired) electrons. The van der Waals surface area contributed by atoms with Crippen LogP contribution in [0.5, 0.6) is 0 Å². The summed E-state index contributed by atoms with van der Waals surface area (Å²) in [6.45, 7) is -0.398. The monoisotopic (exact) mass is 439 g/mol. The smallest absolute Gasteiger partial charge is 0.397 e. The Morgan fingerprint density at radius 3 is 2.52 bits per heavy atom. The van der Waals surface area contributed by atoms with Crippen LogP contribution < -0.4 is 5.11 Å². The first-order valence-electron chi connectivity index (χ1n) is 11.3. The fraction of sp³-hybridized carbons (Fsp3) is 0.864. The second-order valence-electron chi connectivity index (χ2n) is 11.1. The fourth-order valence-electron chi connectivity index (χ4n) is 8.56. The van der Waals surface area contributed by atoms with Crippen molar-refractivity contribution in [3.05, 3.63) is 0 Å². The van der Waals surface area contributed by atoms with Crippen LogP contribution in [0.15, 0.2) is 0 Å². The second-order valence-corrected chi connectivity index (χ2v) is 11.1. The van der Waals surface area contributed by atoms with Gasteiger partial charge in [-0.2, -0.15) is 8.78 Å². The minimum Gasteiger partial charge on any atom is -0.542 e. The fourth-order valence-corrected chi connectivity index (χ4v) is 8.56. The van der Waals surface area contributed by atoms with Crippen LogP contribution in [-0.2, 0) is 28.6 Å². The second kappa shape index (κ2) is 6.17. The Labute approximate surface area is 177 Å². The van der Waals surface area contributed by atoms with E-state index in [0.29, 0.717) is 38.5 Å². The van der Waals surface area contributed by atoms with E-state index >= 15 is 0 Å². The third-order valence-electron chi connectivity index (χ3n) is 9.00. The maximum Gasteiger partial charge on any atom is 0.397 e. The molecule has 6 aliphatic carbocycles. The summed E-state index contributed by atoms with van der Waals surface area (Å²) in [5.74, 6) is -3.40. The van der Waals surface area contributed by atoms with Gasteiger partial charge in [0, 0.05) is 5.92 Å². The number of carbonyl (C=O) groups excluding carboxylic acids is 3. The van der Waals surface area contributed by atoms with Crippen LogP contribution in [0.4, 0.5) is 8.78 Å². The molecule has 1 saturated heterocycles. The summed E-state index contributed by atoms with van der Waals surface area (Å²) >= 11 is 0. The molecule has 7 nitrogen and oxygen atoms in total. The van der Waals surface area contributed by atoms with Crippen molar-refractivity contribution in [3.8, 4) is 0 Å². The van der Waals surface area contributed by atoms with Crippen LogP contribution in [0.2, 0.25) is 0 Å². The summed E-state index contributed by atoms with van der Waals surface area (Å²) in [4.78, 5) is 36.2. The van der Waals surface area contributed by atoms with E-state index in [1.54, 1.807) is 0 Å². The molecule has 7 fully saturated rings. The van der Waals surface area contributed by atoms with Crippen molar-refractivity contribution >= 4 is 17.9 Å². The zero-order chi connectivity index (χ0) is 21.8. The van der Waals surface area contributed by atoms with Gasteiger partial charge in [-0.25, -0.2) is 0 Å².